The zero-order valence-corrected chi connectivity index (χ0v) is 25.7. The molecule has 10 heteroatoms. The molecule has 2 aromatic carbocycles. The summed E-state index contributed by atoms with van der Waals surface area (Å²) >= 11 is 0. The number of sulfone groups is 1. The van der Waals surface area contributed by atoms with Crippen molar-refractivity contribution in [2.45, 2.75) is 82.7 Å². The molecule has 1 saturated carbocycles. The summed E-state index contributed by atoms with van der Waals surface area (Å²) in [6.07, 6.45) is 8.20. The highest BCUT2D eigenvalue weighted by Crippen LogP contribution is 2.31. The van der Waals surface area contributed by atoms with E-state index in [0.717, 1.165) is 48.8 Å². The smallest absolute Gasteiger partial charge is 0.326 e. The number of carboxylic acid groups (broad SMARTS) is 1. The number of methoxy groups -OCH3 is 1. The molecule has 42 heavy (non-hydrogen) atoms. The number of carbonyl (C=O) groups excluding carboxylic acids is 1. The topological polar surface area (TPSA) is 122 Å². The van der Waals surface area contributed by atoms with Gasteiger partial charge in [0.1, 0.15) is 15.9 Å². The van der Waals surface area contributed by atoms with Crippen LogP contribution in [0.25, 0.3) is 11.1 Å². The number of carbonyl (C=O) groups is 2. The molecule has 2 aliphatic rings. The van der Waals surface area contributed by atoms with Gasteiger partial charge < -0.3 is 19.9 Å². The van der Waals surface area contributed by atoms with Crippen molar-refractivity contribution in [3.8, 4) is 11.1 Å². The zero-order chi connectivity index (χ0) is 30.3. The number of nitrogens with zero attached hydrogens (tertiary/aromatic N) is 1. The van der Waals surface area contributed by atoms with Crippen LogP contribution in [0.5, 0.6) is 0 Å². The van der Waals surface area contributed by atoms with Crippen molar-refractivity contribution in [2.24, 2.45) is 0 Å². The van der Waals surface area contributed by atoms with Crippen molar-refractivity contribution in [3.05, 3.63) is 59.2 Å². The van der Waals surface area contributed by atoms with Gasteiger partial charge in [0.2, 0.25) is 0 Å². The lowest BCUT2D eigenvalue weighted by Crippen LogP contribution is -2.42. The van der Waals surface area contributed by atoms with Crippen LogP contribution in [0.15, 0.2) is 42.5 Å². The Kier molecular flexibility index (Phi) is 11.2. The summed E-state index contributed by atoms with van der Waals surface area (Å²) in [4.78, 5) is 27.7. The van der Waals surface area contributed by atoms with Crippen LogP contribution in [0.3, 0.4) is 0 Å². The third-order valence-corrected chi connectivity index (χ3v) is 9.41. The molecule has 1 saturated heterocycles. The molecular formula is C32H44N2O7S. The van der Waals surface area contributed by atoms with Crippen LogP contribution in [0.1, 0.15) is 66.4 Å². The molecule has 0 unspecified atom stereocenters. The summed E-state index contributed by atoms with van der Waals surface area (Å²) in [5.74, 6) is -2.16. The summed E-state index contributed by atoms with van der Waals surface area (Å²) in [6.45, 7) is 4.08. The van der Waals surface area contributed by atoms with Crippen molar-refractivity contribution in [1.29, 1.82) is 0 Å². The fraction of sp³-hybridized carbons (Fsp3) is 0.562. The first kappa shape index (κ1) is 32.1. The Morgan fingerprint density at radius 1 is 1.07 bits per heavy atom. The molecule has 1 aliphatic heterocycles. The van der Waals surface area contributed by atoms with Crippen molar-refractivity contribution in [2.75, 3.05) is 32.3 Å². The maximum atomic E-state index is 13.4. The fourth-order valence-electron chi connectivity index (χ4n) is 6.00. The van der Waals surface area contributed by atoms with Gasteiger partial charge in [-0.15, -0.1) is 0 Å². The molecule has 0 spiro atoms. The van der Waals surface area contributed by atoms with Crippen LogP contribution in [0, 0.1) is 6.92 Å². The number of ether oxygens (including phenoxy) is 2. The largest absolute Gasteiger partial charge is 0.480 e. The van der Waals surface area contributed by atoms with E-state index in [4.69, 9.17) is 9.47 Å². The molecule has 1 aliphatic carbocycles. The first-order valence-electron chi connectivity index (χ1n) is 14.8. The second kappa shape index (κ2) is 14.6. The Morgan fingerprint density at radius 2 is 1.81 bits per heavy atom. The Labute approximate surface area is 249 Å². The highest BCUT2D eigenvalue weighted by Gasteiger charge is 2.33. The highest BCUT2D eigenvalue weighted by molar-refractivity contribution is 7.90. The molecule has 9 nitrogen and oxygen atoms in total. The van der Waals surface area contributed by atoms with Crippen molar-refractivity contribution < 1.29 is 32.6 Å². The number of rotatable bonds is 13. The Hall–Kier alpha value is -2.79. The molecule has 1 amide bonds. The van der Waals surface area contributed by atoms with Gasteiger partial charge in [0.15, 0.2) is 0 Å². The molecule has 0 aromatic heterocycles. The van der Waals surface area contributed by atoms with Gasteiger partial charge in [-0.25, -0.2) is 13.2 Å². The Balaban J connectivity index is 1.57. The van der Waals surface area contributed by atoms with Gasteiger partial charge in [-0.1, -0.05) is 49.6 Å². The number of aryl methyl sites for hydroxylation is 1. The van der Waals surface area contributed by atoms with Gasteiger partial charge >= 0.3 is 5.97 Å². The first-order chi connectivity index (χ1) is 20.0. The lowest BCUT2D eigenvalue weighted by Gasteiger charge is -2.28. The summed E-state index contributed by atoms with van der Waals surface area (Å²) in [5, 5.41) is 12.2. The van der Waals surface area contributed by atoms with E-state index in [2.05, 4.69) is 10.2 Å². The average Bonchev–Trinajstić information content (AvgIpc) is 3.35. The monoisotopic (exact) mass is 600 g/mol. The number of hydrogen-bond donors (Lipinski definition) is 2. The fourth-order valence-corrected chi connectivity index (χ4v) is 6.66. The summed E-state index contributed by atoms with van der Waals surface area (Å²) in [5.41, 5.74) is 3.92. The van der Waals surface area contributed by atoms with Crippen LogP contribution >= 0.6 is 0 Å². The molecule has 4 rings (SSSR count). The molecule has 2 N–H and O–H groups in total. The number of benzene rings is 2. The third-order valence-electron chi connectivity index (χ3n) is 8.43. The standard InChI is InChI=1S/C32H44N2O7S/c1-22-9-7-8-12-27(22)29-17-23(13-14-28(29)31(35)33-30(32(36)37)15-16-42(3,38)39)19-34-20-26(40-2)18-24(34)21-41-25-10-5-4-6-11-25/h7-9,12-14,17,24-26,30H,4-6,10-11,15-16,18-21H2,1-3H3,(H,33,35)(H,36,37)/t24-,26-,30-/m0/s1. The third kappa shape index (κ3) is 8.86. The summed E-state index contributed by atoms with van der Waals surface area (Å²) < 4.78 is 35.3. The number of carboxylic acids is 1. The van der Waals surface area contributed by atoms with Crippen LogP contribution in [0.2, 0.25) is 0 Å². The zero-order valence-electron chi connectivity index (χ0n) is 24.9. The predicted molar refractivity (Wildman–Crippen MR) is 162 cm³/mol. The van der Waals surface area contributed by atoms with E-state index in [1.807, 2.05) is 43.3 Å². The molecule has 2 fully saturated rings. The van der Waals surface area contributed by atoms with E-state index >= 15 is 0 Å². The number of aliphatic carboxylic acids is 1. The molecule has 2 aromatic rings. The van der Waals surface area contributed by atoms with Gasteiger partial charge in [0.25, 0.3) is 5.91 Å². The first-order valence-corrected chi connectivity index (χ1v) is 16.9. The van der Waals surface area contributed by atoms with Crippen LogP contribution < -0.4 is 5.32 Å². The van der Waals surface area contributed by atoms with Gasteiger partial charge in [-0.2, -0.15) is 0 Å². The maximum Gasteiger partial charge on any atom is 0.326 e. The van der Waals surface area contributed by atoms with Crippen LogP contribution in [-0.2, 0) is 30.7 Å². The van der Waals surface area contributed by atoms with E-state index in [9.17, 15) is 23.1 Å². The number of nitrogens with one attached hydrogen (secondary N) is 1. The van der Waals surface area contributed by atoms with E-state index in [-0.39, 0.29) is 24.3 Å². The lowest BCUT2D eigenvalue weighted by atomic mass is 9.93. The van der Waals surface area contributed by atoms with Crippen LogP contribution in [0.4, 0.5) is 0 Å². The number of likely N-dealkylation sites (tertiary alicyclic amines) is 1. The maximum absolute atomic E-state index is 13.4. The molecule has 0 radical (unpaired) electrons. The summed E-state index contributed by atoms with van der Waals surface area (Å²) in [6, 6.07) is 12.3. The minimum Gasteiger partial charge on any atom is -0.480 e. The van der Waals surface area contributed by atoms with E-state index < -0.39 is 27.8 Å². The second-order valence-electron chi connectivity index (χ2n) is 11.7. The number of amides is 1. The Bertz CT molecular complexity index is 1340. The van der Waals surface area contributed by atoms with Crippen molar-refractivity contribution in [3.63, 3.8) is 0 Å². The molecule has 3 atom stereocenters. The second-order valence-corrected chi connectivity index (χ2v) is 14.0. The normalized spacial score (nSPS) is 20.8. The van der Waals surface area contributed by atoms with Crippen molar-refractivity contribution >= 4 is 21.7 Å². The minimum atomic E-state index is -3.39. The van der Waals surface area contributed by atoms with E-state index in [0.29, 0.717) is 30.4 Å². The lowest BCUT2D eigenvalue weighted by molar-refractivity contribution is -0.139. The minimum absolute atomic E-state index is 0.130. The summed E-state index contributed by atoms with van der Waals surface area (Å²) in [7, 11) is -1.64. The molecule has 1 heterocycles. The SMILES string of the molecule is CO[C@H]1C[C@@H](COC2CCCCC2)N(Cc2ccc(C(=O)N[C@@H](CCS(C)(=O)=O)C(=O)O)c(-c3ccccc3C)c2)C1. The number of hydrogen-bond acceptors (Lipinski definition) is 7. The highest BCUT2D eigenvalue weighted by atomic mass is 32.2. The molecule has 0 bridgehead atoms. The van der Waals surface area contributed by atoms with Crippen molar-refractivity contribution in [1.82, 2.24) is 10.2 Å². The van der Waals surface area contributed by atoms with Gasteiger partial charge in [0, 0.05) is 38.1 Å². The quantitative estimate of drug-likeness (QED) is 0.351. The molecule has 230 valence electrons. The van der Waals surface area contributed by atoms with Gasteiger partial charge in [-0.3, -0.25) is 9.69 Å². The average molecular weight is 601 g/mol. The Morgan fingerprint density at radius 3 is 2.48 bits per heavy atom. The van der Waals surface area contributed by atoms with Crippen LogP contribution in [-0.4, -0.2) is 86.9 Å². The van der Waals surface area contributed by atoms with Gasteiger partial charge in [-0.05, 0) is 67.0 Å². The van der Waals surface area contributed by atoms with E-state index in [1.54, 1.807) is 13.2 Å². The van der Waals surface area contributed by atoms with E-state index in [1.165, 1.54) is 19.3 Å². The molecular weight excluding hydrogens is 556 g/mol. The van der Waals surface area contributed by atoms with Gasteiger partial charge in [0.05, 0.1) is 24.6 Å². The predicted octanol–water partition coefficient (Wildman–Crippen LogP) is 4.22.